The van der Waals surface area contributed by atoms with E-state index in [4.69, 9.17) is 4.98 Å². The number of rotatable bonds is 8. The summed E-state index contributed by atoms with van der Waals surface area (Å²) in [5.41, 5.74) is 7.34. The lowest BCUT2D eigenvalue weighted by Gasteiger charge is -2.11. The molecule has 0 aliphatic heterocycles. The second-order valence-corrected chi connectivity index (χ2v) is 10.2. The van der Waals surface area contributed by atoms with Crippen LogP contribution in [-0.2, 0) is 17.8 Å². The fraction of sp³-hybridized carbons (Fsp3) is 0.161. The number of nitrogens with zero attached hydrogens (tertiary/aromatic N) is 2. The van der Waals surface area contributed by atoms with Gasteiger partial charge in [0.05, 0.1) is 17.5 Å². The molecule has 0 spiro atoms. The van der Waals surface area contributed by atoms with E-state index >= 15 is 0 Å². The Morgan fingerprint density at radius 3 is 2.36 bits per heavy atom. The minimum absolute atomic E-state index is 0.0227. The molecule has 0 aliphatic carbocycles. The third-order valence-electron chi connectivity index (χ3n) is 6.11. The molecule has 0 saturated carbocycles. The van der Waals surface area contributed by atoms with Crippen LogP contribution in [-0.4, -0.2) is 21.2 Å². The lowest BCUT2D eigenvalue weighted by Crippen LogP contribution is -2.14. The lowest BCUT2D eigenvalue weighted by atomic mass is 10.1. The largest absolute Gasteiger partial charge is 0.326 e. The van der Waals surface area contributed by atoms with Gasteiger partial charge in [0, 0.05) is 22.7 Å². The average molecular weight is 492 g/mol. The molecule has 0 atom stereocenters. The highest BCUT2D eigenvalue weighted by Crippen LogP contribution is 2.28. The second kappa shape index (κ2) is 10.8. The van der Waals surface area contributed by atoms with E-state index in [2.05, 4.69) is 78.3 Å². The van der Waals surface area contributed by atoms with Crippen LogP contribution in [0.1, 0.15) is 23.6 Å². The van der Waals surface area contributed by atoms with Gasteiger partial charge in [0.15, 0.2) is 0 Å². The zero-order valence-corrected chi connectivity index (χ0v) is 21.4. The predicted octanol–water partition coefficient (Wildman–Crippen LogP) is 7.35. The monoisotopic (exact) mass is 491 g/mol. The molecule has 0 unspecified atom stereocenters. The molecule has 5 aromatic rings. The van der Waals surface area contributed by atoms with Crippen LogP contribution in [0.25, 0.3) is 22.4 Å². The van der Waals surface area contributed by atoms with Crippen LogP contribution in [0.15, 0.2) is 102 Å². The maximum atomic E-state index is 12.6. The summed E-state index contributed by atoms with van der Waals surface area (Å²) < 4.78 is 2.27. The molecule has 0 saturated heterocycles. The Labute approximate surface area is 216 Å². The summed E-state index contributed by atoms with van der Waals surface area (Å²) in [4.78, 5) is 18.8. The summed E-state index contributed by atoms with van der Waals surface area (Å²) in [7, 11) is 0. The molecule has 36 heavy (non-hydrogen) atoms. The fourth-order valence-electron chi connectivity index (χ4n) is 4.34. The third-order valence-corrected chi connectivity index (χ3v) is 7.01. The molecule has 1 heterocycles. The first-order chi connectivity index (χ1) is 17.6. The standard InChI is InChI=1S/C31H29N3OS/c1-3-36-27-16-10-23(11-17-27)20-30(35)32-26-14-12-25(13-15-26)31-33-28-18-9-22(2)19-29(28)34(31)21-24-7-5-4-6-8-24/h4-19H,3,20-21H2,1-2H3,(H,32,35). The minimum Gasteiger partial charge on any atom is -0.326 e. The Bertz CT molecular complexity index is 1470. The summed E-state index contributed by atoms with van der Waals surface area (Å²) in [5.74, 6) is 1.94. The van der Waals surface area contributed by atoms with Gasteiger partial charge in [-0.15, -0.1) is 11.8 Å². The van der Waals surface area contributed by atoms with Crippen LogP contribution in [0.3, 0.4) is 0 Å². The number of carbonyl (C=O) groups is 1. The number of fused-ring (bicyclic) bond motifs is 1. The van der Waals surface area contributed by atoms with Gasteiger partial charge in [-0.3, -0.25) is 4.79 Å². The fourth-order valence-corrected chi connectivity index (χ4v) is 5.00. The SMILES string of the molecule is CCSc1ccc(CC(=O)Nc2ccc(-c3nc4ccc(C)cc4n3Cc3ccccc3)cc2)cc1. The second-order valence-electron chi connectivity index (χ2n) is 8.88. The molecule has 0 bridgehead atoms. The predicted molar refractivity (Wildman–Crippen MR) is 151 cm³/mol. The number of imidazole rings is 1. The Kier molecular flexibility index (Phi) is 7.19. The van der Waals surface area contributed by atoms with E-state index in [0.29, 0.717) is 6.42 Å². The first-order valence-electron chi connectivity index (χ1n) is 12.2. The summed E-state index contributed by atoms with van der Waals surface area (Å²) in [6, 6.07) is 33.0. The summed E-state index contributed by atoms with van der Waals surface area (Å²) in [5, 5.41) is 3.03. The minimum atomic E-state index is -0.0227. The van der Waals surface area contributed by atoms with Crippen molar-refractivity contribution >= 4 is 34.4 Å². The van der Waals surface area contributed by atoms with Gasteiger partial charge in [-0.05, 0) is 77.9 Å². The van der Waals surface area contributed by atoms with Gasteiger partial charge in [0.1, 0.15) is 5.82 Å². The van der Waals surface area contributed by atoms with Gasteiger partial charge >= 0.3 is 0 Å². The van der Waals surface area contributed by atoms with Crippen LogP contribution in [0.4, 0.5) is 5.69 Å². The van der Waals surface area contributed by atoms with E-state index in [1.165, 1.54) is 16.0 Å². The van der Waals surface area contributed by atoms with Gasteiger partial charge in [-0.25, -0.2) is 4.98 Å². The summed E-state index contributed by atoms with van der Waals surface area (Å²) in [6.45, 7) is 4.98. The highest BCUT2D eigenvalue weighted by atomic mass is 32.2. The van der Waals surface area contributed by atoms with E-state index in [9.17, 15) is 4.79 Å². The first kappa shape index (κ1) is 23.9. The molecule has 4 aromatic carbocycles. The van der Waals surface area contributed by atoms with E-state index in [1.807, 2.05) is 42.5 Å². The molecule has 1 amide bonds. The Morgan fingerprint density at radius 1 is 0.889 bits per heavy atom. The van der Waals surface area contributed by atoms with Crippen molar-refractivity contribution in [1.82, 2.24) is 9.55 Å². The molecule has 0 aliphatic rings. The van der Waals surface area contributed by atoms with Crippen molar-refractivity contribution in [2.24, 2.45) is 0 Å². The van der Waals surface area contributed by atoms with E-state index < -0.39 is 0 Å². The molecule has 180 valence electrons. The topological polar surface area (TPSA) is 46.9 Å². The van der Waals surface area contributed by atoms with Crippen LogP contribution < -0.4 is 5.32 Å². The average Bonchev–Trinajstić information content (AvgIpc) is 3.24. The van der Waals surface area contributed by atoms with Crippen LogP contribution in [0, 0.1) is 6.92 Å². The molecular weight excluding hydrogens is 462 g/mol. The number of aryl methyl sites for hydroxylation is 1. The number of hydrogen-bond acceptors (Lipinski definition) is 3. The number of aromatic nitrogens is 2. The molecule has 0 fully saturated rings. The molecule has 5 heteroatoms. The highest BCUT2D eigenvalue weighted by Gasteiger charge is 2.14. The number of thioether (sulfide) groups is 1. The third kappa shape index (κ3) is 5.52. The van der Waals surface area contributed by atoms with E-state index in [1.54, 1.807) is 11.8 Å². The number of amides is 1. The van der Waals surface area contributed by atoms with Gasteiger partial charge < -0.3 is 9.88 Å². The zero-order valence-electron chi connectivity index (χ0n) is 20.6. The molecule has 5 rings (SSSR count). The van der Waals surface area contributed by atoms with Crippen molar-refractivity contribution in [3.8, 4) is 11.4 Å². The van der Waals surface area contributed by atoms with Crippen LogP contribution in [0.2, 0.25) is 0 Å². The van der Waals surface area contributed by atoms with Crippen LogP contribution >= 0.6 is 11.8 Å². The molecule has 4 nitrogen and oxygen atoms in total. The Morgan fingerprint density at radius 2 is 1.64 bits per heavy atom. The maximum Gasteiger partial charge on any atom is 0.228 e. The first-order valence-corrected chi connectivity index (χ1v) is 13.2. The maximum absolute atomic E-state index is 12.6. The van der Waals surface area contributed by atoms with E-state index in [-0.39, 0.29) is 5.91 Å². The van der Waals surface area contributed by atoms with Crippen molar-refractivity contribution in [2.45, 2.75) is 31.7 Å². The van der Waals surface area contributed by atoms with Crippen LogP contribution in [0.5, 0.6) is 0 Å². The summed E-state index contributed by atoms with van der Waals surface area (Å²) in [6.07, 6.45) is 0.352. The Hall–Kier alpha value is -3.83. The molecule has 0 radical (unpaired) electrons. The number of benzene rings is 4. The smallest absolute Gasteiger partial charge is 0.228 e. The molecular formula is C31H29N3OS. The molecule has 1 N–H and O–H groups in total. The summed E-state index contributed by atoms with van der Waals surface area (Å²) >= 11 is 1.80. The van der Waals surface area contributed by atoms with Crippen molar-refractivity contribution in [3.05, 3.63) is 114 Å². The van der Waals surface area contributed by atoms with Crippen molar-refractivity contribution < 1.29 is 4.79 Å². The van der Waals surface area contributed by atoms with Gasteiger partial charge in [-0.1, -0.05) is 55.5 Å². The van der Waals surface area contributed by atoms with E-state index in [0.717, 1.165) is 46.0 Å². The quantitative estimate of drug-likeness (QED) is 0.231. The van der Waals surface area contributed by atoms with Gasteiger partial charge in [-0.2, -0.15) is 0 Å². The number of anilines is 1. The highest BCUT2D eigenvalue weighted by molar-refractivity contribution is 7.99. The van der Waals surface area contributed by atoms with Gasteiger partial charge in [0.2, 0.25) is 5.91 Å². The number of hydrogen-bond donors (Lipinski definition) is 1. The van der Waals surface area contributed by atoms with Crippen molar-refractivity contribution in [1.29, 1.82) is 0 Å². The number of nitrogens with one attached hydrogen (secondary N) is 1. The normalized spacial score (nSPS) is 11.1. The van der Waals surface area contributed by atoms with Crippen molar-refractivity contribution in [2.75, 3.05) is 11.1 Å². The zero-order chi connectivity index (χ0) is 24.9. The lowest BCUT2D eigenvalue weighted by molar-refractivity contribution is -0.115. The van der Waals surface area contributed by atoms with Crippen molar-refractivity contribution in [3.63, 3.8) is 0 Å². The Balaban J connectivity index is 1.35. The van der Waals surface area contributed by atoms with Gasteiger partial charge in [0.25, 0.3) is 0 Å². The number of carbonyl (C=O) groups excluding carboxylic acids is 1. The molecule has 1 aromatic heterocycles.